The van der Waals surface area contributed by atoms with E-state index in [-0.39, 0.29) is 16.9 Å². The van der Waals surface area contributed by atoms with E-state index in [0.29, 0.717) is 13.1 Å². The van der Waals surface area contributed by atoms with Gasteiger partial charge in [-0.1, -0.05) is 20.8 Å². The third-order valence-corrected chi connectivity index (χ3v) is 3.21. The van der Waals surface area contributed by atoms with Gasteiger partial charge in [-0.25, -0.2) is 0 Å². The molecule has 0 spiro atoms. The Morgan fingerprint density at radius 2 is 2.00 bits per heavy atom. The van der Waals surface area contributed by atoms with Crippen LogP contribution in [0.5, 0.6) is 0 Å². The SMILES string of the molecule is CC(C)(C)C(=O)NCCCCn1cc(Br)ccc1=O. The smallest absolute Gasteiger partial charge is 0.250 e. The highest BCUT2D eigenvalue weighted by Gasteiger charge is 2.19. The number of halogens is 1. The molecular formula is C14H21BrN2O2. The summed E-state index contributed by atoms with van der Waals surface area (Å²) in [6.07, 6.45) is 3.51. The number of carbonyl (C=O) groups excluding carboxylic acids is 1. The van der Waals surface area contributed by atoms with Crippen LogP contribution in [0.1, 0.15) is 33.6 Å². The summed E-state index contributed by atoms with van der Waals surface area (Å²) in [4.78, 5) is 23.2. The second-order valence-electron chi connectivity index (χ2n) is 5.59. The van der Waals surface area contributed by atoms with Gasteiger partial charge in [-0.05, 0) is 34.8 Å². The van der Waals surface area contributed by atoms with Crippen molar-refractivity contribution in [3.05, 3.63) is 33.2 Å². The topological polar surface area (TPSA) is 51.1 Å². The van der Waals surface area contributed by atoms with Gasteiger partial charge in [-0.3, -0.25) is 9.59 Å². The summed E-state index contributed by atoms with van der Waals surface area (Å²) in [7, 11) is 0. The summed E-state index contributed by atoms with van der Waals surface area (Å²) in [6, 6.07) is 3.29. The van der Waals surface area contributed by atoms with E-state index < -0.39 is 0 Å². The molecule has 1 amide bonds. The van der Waals surface area contributed by atoms with Gasteiger partial charge in [0.25, 0.3) is 5.56 Å². The van der Waals surface area contributed by atoms with Crippen molar-refractivity contribution in [1.82, 2.24) is 9.88 Å². The zero-order valence-electron chi connectivity index (χ0n) is 11.7. The minimum Gasteiger partial charge on any atom is -0.356 e. The standard InChI is InChI=1S/C14H21BrN2O2/c1-14(2,3)13(19)16-8-4-5-9-17-10-11(15)6-7-12(17)18/h6-7,10H,4-5,8-9H2,1-3H3,(H,16,19). The number of hydrogen-bond donors (Lipinski definition) is 1. The maximum absolute atomic E-state index is 11.6. The maximum atomic E-state index is 11.6. The Hall–Kier alpha value is -1.10. The highest BCUT2D eigenvalue weighted by Crippen LogP contribution is 2.12. The molecule has 0 aromatic carbocycles. The van der Waals surface area contributed by atoms with E-state index in [9.17, 15) is 9.59 Å². The van der Waals surface area contributed by atoms with Gasteiger partial charge in [0.15, 0.2) is 0 Å². The molecule has 19 heavy (non-hydrogen) atoms. The molecule has 1 heterocycles. The summed E-state index contributed by atoms with van der Waals surface area (Å²) >= 11 is 3.34. The normalized spacial score (nSPS) is 11.4. The molecule has 0 saturated heterocycles. The van der Waals surface area contributed by atoms with E-state index >= 15 is 0 Å². The van der Waals surface area contributed by atoms with Crippen molar-refractivity contribution in [3.63, 3.8) is 0 Å². The van der Waals surface area contributed by atoms with Gasteiger partial charge in [0, 0.05) is 35.2 Å². The van der Waals surface area contributed by atoms with Gasteiger partial charge < -0.3 is 9.88 Å². The summed E-state index contributed by atoms with van der Waals surface area (Å²) < 4.78 is 2.57. The molecule has 0 atom stereocenters. The number of unbranched alkanes of at least 4 members (excludes halogenated alkanes) is 1. The van der Waals surface area contributed by atoms with E-state index in [1.807, 2.05) is 20.8 Å². The van der Waals surface area contributed by atoms with Gasteiger partial charge in [0.05, 0.1) is 0 Å². The number of aromatic nitrogens is 1. The predicted octanol–water partition coefficient (Wildman–Crippen LogP) is 2.55. The molecular weight excluding hydrogens is 308 g/mol. The molecule has 5 heteroatoms. The van der Waals surface area contributed by atoms with Crippen molar-refractivity contribution in [3.8, 4) is 0 Å². The van der Waals surface area contributed by atoms with Crippen molar-refractivity contribution in [2.75, 3.05) is 6.54 Å². The number of carbonyl (C=O) groups is 1. The molecule has 0 bridgehead atoms. The van der Waals surface area contributed by atoms with Crippen LogP contribution in [-0.2, 0) is 11.3 Å². The third-order valence-electron chi connectivity index (χ3n) is 2.74. The number of nitrogens with one attached hydrogen (secondary N) is 1. The Bertz CT molecular complexity index is 489. The van der Waals surface area contributed by atoms with Crippen molar-refractivity contribution in [2.24, 2.45) is 5.41 Å². The summed E-state index contributed by atoms with van der Waals surface area (Å²) in [6.45, 7) is 7.00. The molecule has 4 nitrogen and oxygen atoms in total. The first-order valence-corrected chi connectivity index (χ1v) is 7.24. The molecule has 106 valence electrons. The zero-order valence-corrected chi connectivity index (χ0v) is 13.3. The van der Waals surface area contributed by atoms with Gasteiger partial charge in [-0.2, -0.15) is 0 Å². The van der Waals surface area contributed by atoms with Crippen molar-refractivity contribution < 1.29 is 4.79 Å². The molecule has 0 saturated carbocycles. The third kappa shape index (κ3) is 5.59. The zero-order chi connectivity index (χ0) is 14.5. The molecule has 0 radical (unpaired) electrons. The molecule has 1 aromatic rings. The lowest BCUT2D eigenvalue weighted by atomic mass is 9.96. The second-order valence-corrected chi connectivity index (χ2v) is 6.51. The predicted molar refractivity (Wildman–Crippen MR) is 80.1 cm³/mol. The number of hydrogen-bond acceptors (Lipinski definition) is 2. The van der Waals surface area contributed by atoms with Crippen molar-refractivity contribution in [1.29, 1.82) is 0 Å². The Morgan fingerprint density at radius 3 is 2.63 bits per heavy atom. The lowest BCUT2D eigenvalue weighted by Crippen LogP contribution is -2.35. The number of rotatable bonds is 5. The molecule has 1 aromatic heterocycles. The average Bonchev–Trinajstić information content (AvgIpc) is 2.31. The first-order valence-electron chi connectivity index (χ1n) is 6.45. The summed E-state index contributed by atoms with van der Waals surface area (Å²) in [5.74, 6) is 0.0622. The van der Waals surface area contributed by atoms with Gasteiger partial charge >= 0.3 is 0 Å². The number of amides is 1. The van der Waals surface area contributed by atoms with Crippen molar-refractivity contribution >= 4 is 21.8 Å². The van der Waals surface area contributed by atoms with Crippen LogP contribution in [0.2, 0.25) is 0 Å². The largest absolute Gasteiger partial charge is 0.356 e. The van der Waals surface area contributed by atoms with Gasteiger partial charge in [0.2, 0.25) is 5.91 Å². The van der Waals surface area contributed by atoms with Crippen molar-refractivity contribution in [2.45, 2.75) is 40.2 Å². The molecule has 0 aliphatic carbocycles. The van der Waals surface area contributed by atoms with E-state index in [4.69, 9.17) is 0 Å². The van der Waals surface area contributed by atoms with Crippen LogP contribution < -0.4 is 10.9 Å². The molecule has 0 fully saturated rings. The fourth-order valence-electron chi connectivity index (χ4n) is 1.55. The van der Waals surface area contributed by atoms with Crippen LogP contribution in [-0.4, -0.2) is 17.0 Å². The van der Waals surface area contributed by atoms with Crippen LogP contribution in [0.15, 0.2) is 27.6 Å². The van der Waals surface area contributed by atoms with E-state index in [0.717, 1.165) is 17.3 Å². The monoisotopic (exact) mass is 328 g/mol. The quantitative estimate of drug-likeness (QED) is 0.844. The van der Waals surface area contributed by atoms with E-state index in [1.54, 1.807) is 22.9 Å². The number of nitrogens with zero attached hydrogens (tertiary/aromatic N) is 1. The van der Waals surface area contributed by atoms with Crippen LogP contribution in [0, 0.1) is 5.41 Å². The Kier molecular flexibility index (Phi) is 5.79. The van der Waals surface area contributed by atoms with E-state index in [1.165, 1.54) is 0 Å². The first kappa shape index (κ1) is 16.0. The Morgan fingerprint density at radius 1 is 1.32 bits per heavy atom. The fraction of sp³-hybridized carbons (Fsp3) is 0.571. The first-order chi connectivity index (χ1) is 8.80. The highest BCUT2D eigenvalue weighted by atomic mass is 79.9. The minimum atomic E-state index is -0.346. The second kappa shape index (κ2) is 6.89. The summed E-state index contributed by atoms with van der Waals surface area (Å²) in [5, 5.41) is 2.90. The lowest BCUT2D eigenvalue weighted by molar-refractivity contribution is -0.128. The average molecular weight is 329 g/mol. The molecule has 0 aliphatic rings. The lowest BCUT2D eigenvalue weighted by Gasteiger charge is -2.17. The minimum absolute atomic E-state index is 0.00178. The van der Waals surface area contributed by atoms with Gasteiger partial charge in [-0.15, -0.1) is 0 Å². The fourth-order valence-corrected chi connectivity index (χ4v) is 1.93. The highest BCUT2D eigenvalue weighted by molar-refractivity contribution is 9.10. The van der Waals surface area contributed by atoms with Gasteiger partial charge in [0.1, 0.15) is 0 Å². The van der Waals surface area contributed by atoms with Crippen LogP contribution in [0.4, 0.5) is 0 Å². The molecule has 0 aliphatic heterocycles. The molecule has 1 N–H and O–H groups in total. The Balaban J connectivity index is 2.30. The number of pyridine rings is 1. The van der Waals surface area contributed by atoms with Crippen LogP contribution in [0.25, 0.3) is 0 Å². The van der Waals surface area contributed by atoms with E-state index in [2.05, 4.69) is 21.2 Å². The Labute approximate surface area is 122 Å². The summed E-state index contributed by atoms with van der Waals surface area (Å²) in [5.41, 5.74) is -0.344. The maximum Gasteiger partial charge on any atom is 0.250 e. The molecule has 0 unspecified atom stereocenters. The van der Waals surface area contributed by atoms with Crippen LogP contribution >= 0.6 is 15.9 Å². The van der Waals surface area contributed by atoms with Crippen LogP contribution in [0.3, 0.4) is 0 Å². The number of aryl methyl sites for hydroxylation is 1. The molecule has 1 rings (SSSR count).